The lowest BCUT2D eigenvalue weighted by Crippen LogP contribution is -2.17. The molecule has 0 fully saturated rings. The summed E-state index contributed by atoms with van der Waals surface area (Å²) in [5.74, 6) is -0.162. The number of hydrogen-bond donors (Lipinski definition) is 2. The number of aromatic nitrogens is 1. The number of nitrogens with zero attached hydrogens (tertiary/aromatic N) is 1. The molecule has 2 aromatic heterocycles. The quantitative estimate of drug-likeness (QED) is 0.799. The molecule has 2 rings (SSSR count). The number of carbonyl (C=O) groups is 1. The molecule has 2 aromatic rings. The van der Waals surface area contributed by atoms with E-state index in [1.54, 1.807) is 19.3 Å². The summed E-state index contributed by atoms with van der Waals surface area (Å²) in [7, 11) is 1.58. The van der Waals surface area contributed by atoms with E-state index in [1.165, 1.54) is 11.3 Å². The van der Waals surface area contributed by atoms with Crippen LogP contribution in [0.4, 0.5) is 5.69 Å². The van der Waals surface area contributed by atoms with E-state index >= 15 is 0 Å². The predicted octanol–water partition coefficient (Wildman–Crippen LogP) is 2.26. The first kappa shape index (κ1) is 12.4. The Morgan fingerprint density at radius 3 is 2.75 bits per heavy atom. The Hall–Kier alpha value is -1.62. The smallest absolute Gasteiger partial charge is 0.263 e. The SMILES string of the molecule is CC.CNC(=O)c1sc2ncccc2c1N. The predicted molar refractivity (Wildman–Crippen MR) is 68.8 cm³/mol. The molecule has 0 saturated carbocycles. The van der Waals surface area contributed by atoms with E-state index in [1.807, 2.05) is 19.9 Å². The molecule has 1 amide bonds. The summed E-state index contributed by atoms with van der Waals surface area (Å²) in [4.78, 5) is 16.9. The molecule has 0 unspecified atom stereocenters. The summed E-state index contributed by atoms with van der Waals surface area (Å²) in [5.41, 5.74) is 6.34. The van der Waals surface area contributed by atoms with Gasteiger partial charge in [-0.05, 0) is 12.1 Å². The number of pyridine rings is 1. The van der Waals surface area contributed by atoms with Crippen molar-refractivity contribution in [3.63, 3.8) is 0 Å². The van der Waals surface area contributed by atoms with E-state index in [9.17, 15) is 4.79 Å². The van der Waals surface area contributed by atoms with Crippen molar-refractivity contribution in [2.75, 3.05) is 12.8 Å². The maximum atomic E-state index is 11.4. The Bertz CT molecular complexity index is 493. The van der Waals surface area contributed by atoms with E-state index in [0.717, 1.165) is 10.2 Å². The highest BCUT2D eigenvalue weighted by atomic mass is 32.1. The van der Waals surface area contributed by atoms with E-state index in [-0.39, 0.29) is 5.91 Å². The van der Waals surface area contributed by atoms with Crippen LogP contribution in [0.25, 0.3) is 10.2 Å². The first-order valence-corrected chi connectivity index (χ1v) is 5.90. The number of rotatable bonds is 1. The molecule has 0 aliphatic carbocycles. The molecule has 16 heavy (non-hydrogen) atoms. The third-order valence-electron chi connectivity index (χ3n) is 1.94. The molecule has 3 N–H and O–H groups in total. The average Bonchev–Trinajstić information content (AvgIpc) is 2.69. The van der Waals surface area contributed by atoms with Crippen molar-refractivity contribution in [1.29, 1.82) is 0 Å². The lowest BCUT2D eigenvalue weighted by Gasteiger charge is -1.95. The third-order valence-corrected chi connectivity index (χ3v) is 3.07. The summed E-state index contributed by atoms with van der Waals surface area (Å²) >= 11 is 1.31. The van der Waals surface area contributed by atoms with Crippen molar-refractivity contribution in [3.8, 4) is 0 Å². The van der Waals surface area contributed by atoms with Gasteiger partial charge in [0.05, 0.1) is 5.69 Å². The Labute approximate surface area is 98.5 Å². The van der Waals surface area contributed by atoms with Crippen molar-refractivity contribution in [2.45, 2.75) is 13.8 Å². The lowest BCUT2D eigenvalue weighted by atomic mass is 10.2. The standard InChI is InChI=1S/C9H9N3OS.C2H6/c1-11-8(13)7-6(10)5-3-2-4-12-9(5)14-7;1-2/h2-4H,10H2,1H3,(H,11,13);1-2H3. The molecule has 0 saturated heterocycles. The second-order valence-electron chi connectivity index (χ2n) is 2.78. The van der Waals surface area contributed by atoms with Crippen LogP contribution in [0.3, 0.4) is 0 Å². The second-order valence-corrected chi connectivity index (χ2v) is 3.78. The molecule has 5 heteroatoms. The summed E-state index contributed by atoms with van der Waals surface area (Å²) in [6.45, 7) is 4.00. The van der Waals surface area contributed by atoms with Gasteiger partial charge in [-0.3, -0.25) is 4.79 Å². The molecular weight excluding hydrogens is 222 g/mol. The lowest BCUT2D eigenvalue weighted by molar-refractivity contribution is 0.0968. The zero-order valence-corrected chi connectivity index (χ0v) is 10.4. The van der Waals surface area contributed by atoms with E-state index in [2.05, 4.69) is 10.3 Å². The fraction of sp³-hybridized carbons (Fsp3) is 0.273. The first-order valence-electron chi connectivity index (χ1n) is 5.09. The van der Waals surface area contributed by atoms with Gasteiger partial charge in [-0.1, -0.05) is 13.8 Å². The maximum absolute atomic E-state index is 11.4. The van der Waals surface area contributed by atoms with Gasteiger partial charge in [-0.25, -0.2) is 4.98 Å². The number of fused-ring (bicyclic) bond motifs is 1. The highest BCUT2D eigenvalue weighted by Gasteiger charge is 2.14. The van der Waals surface area contributed by atoms with E-state index < -0.39 is 0 Å². The van der Waals surface area contributed by atoms with Gasteiger partial charge in [0, 0.05) is 18.6 Å². The van der Waals surface area contributed by atoms with Crippen LogP contribution in [0.2, 0.25) is 0 Å². The van der Waals surface area contributed by atoms with Crippen LogP contribution in [0.15, 0.2) is 18.3 Å². The monoisotopic (exact) mass is 237 g/mol. The van der Waals surface area contributed by atoms with Gasteiger partial charge < -0.3 is 11.1 Å². The molecule has 0 aliphatic heterocycles. The highest BCUT2D eigenvalue weighted by Crippen LogP contribution is 2.31. The summed E-state index contributed by atoms with van der Waals surface area (Å²) in [6, 6.07) is 3.67. The number of carbonyl (C=O) groups excluding carboxylic acids is 1. The topological polar surface area (TPSA) is 68.0 Å². The first-order chi connectivity index (χ1) is 7.74. The Morgan fingerprint density at radius 1 is 1.50 bits per heavy atom. The van der Waals surface area contributed by atoms with Gasteiger partial charge in [0.1, 0.15) is 9.71 Å². The van der Waals surface area contributed by atoms with Crippen molar-refractivity contribution in [2.24, 2.45) is 0 Å². The van der Waals surface area contributed by atoms with Gasteiger partial charge in [0.25, 0.3) is 5.91 Å². The van der Waals surface area contributed by atoms with Crippen molar-refractivity contribution in [1.82, 2.24) is 10.3 Å². The number of nitrogen functional groups attached to an aromatic ring is 1. The largest absolute Gasteiger partial charge is 0.397 e. The normalized spacial score (nSPS) is 9.44. The molecule has 0 bridgehead atoms. The van der Waals surface area contributed by atoms with Crippen LogP contribution in [0.1, 0.15) is 23.5 Å². The molecule has 0 aliphatic rings. The summed E-state index contributed by atoms with van der Waals surface area (Å²) in [5, 5.41) is 3.39. The van der Waals surface area contributed by atoms with Crippen LogP contribution >= 0.6 is 11.3 Å². The zero-order chi connectivity index (χ0) is 12.1. The second kappa shape index (κ2) is 5.46. The van der Waals surface area contributed by atoms with E-state index in [0.29, 0.717) is 10.6 Å². The minimum Gasteiger partial charge on any atom is -0.397 e. The van der Waals surface area contributed by atoms with Crippen LogP contribution in [-0.2, 0) is 0 Å². The molecule has 0 radical (unpaired) electrons. The number of anilines is 1. The van der Waals surface area contributed by atoms with Crippen molar-refractivity contribution >= 4 is 33.1 Å². The number of amides is 1. The fourth-order valence-electron chi connectivity index (χ4n) is 1.23. The highest BCUT2D eigenvalue weighted by molar-refractivity contribution is 7.21. The van der Waals surface area contributed by atoms with Gasteiger partial charge in [0.2, 0.25) is 0 Å². The average molecular weight is 237 g/mol. The number of thiophene rings is 1. The van der Waals surface area contributed by atoms with Gasteiger partial charge in [-0.15, -0.1) is 11.3 Å². The fourth-order valence-corrected chi connectivity index (χ4v) is 2.24. The number of nitrogens with one attached hydrogen (secondary N) is 1. The molecular formula is C11H15N3OS. The summed E-state index contributed by atoms with van der Waals surface area (Å²) < 4.78 is 0. The molecule has 2 heterocycles. The minimum atomic E-state index is -0.162. The van der Waals surface area contributed by atoms with Gasteiger partial charge in [-0.2, -0.15) is 0 Å². The Morgan fingerprint density at radius 2 is 2.19 bits per heavy atom. The van der Waals surface area contributed by atoms with Crippen LogP contribution in [0.5, 0.6) is 0 Å². The van der Waals surface area contributed by atoms with Gasteiger partial charge >= 0.3 is 0 Å². The van der Waals surface area contributed by atoms with Crippen LogP contribution in [0, 0.1) is 0 Å². The molecule has 0 aromatic carbocycles. The molecule has 86 valence electrons. The maximum Gasteiger partial charge on any atom is 0.263 e. The van der Waals surface area contributed by atoms with Crippen LogP contribution in [-0.4, -0.2) is 17.9 Å². The zero-order valence-electron chi connectivity index (χ0n) is 9.57. The number of hydrogen-bond acceptors (Lipinski definition) is 4. The van der Waals surface area contributed by atoms with E-state index in [4.69, 9.17) is 5.73 Å². The molecule has 0 spiro atoms. The van der Waals surface area contributed by atoms with Crippen molar-refractivity contribution in [3.05, 3.63) is 23.2 Å². The van der Waals surface area contributed by atoms with Gasteiger partial charge in [0.15, 0.2) is 0 Å². The summed E-state index contributed by atoms with van der Waals surface area (Å²) in [6.07, 6.45) is 1.69. The number of nitrogens with two attached hydrogens (primary N) is 1. The third kappa shape index (κ3) is 2.14. The Kier molecular flexibility index (Phi) is 4.25. The minimum absolute atomic E-state index is 0.162. The van der Waals surface area contributed by atoms with Crippen LogP contribution < -0.4 is 11.1 Å². The molecule has 4 nitrogen and oxygen atoms in total. The molecule has 0 atom stereocenters. The Balaban J connectivity index is 0.000000606. The van der Waals surface area contributed by atoms with Crippen molar-refractivity contribution < 1.29 is 4.79 Å².